The van der Waals surface area contributed by atoms with Gasteiger partial charge in [-0.25, -0.2) is 4.79 Å². The number of hydrogen-bond acceptors (Lipinski definition) is 5. The highest BCUT2D eigenvalue weighted by Gasteiger charge is 2.26. The Morgan fingerprint density at radius 1 is 1.38 bits per heavy atom. The summed E-state index contributed by atoms with van der Waals surface area (Å²) in [5.41, 5.74) is -0.0286. The van der Waals surface area contributed by atoms with E-state index in [4.69, 9.17) is 0 Å². The third-order valence-electron chi connectivity index (χ3n) is 2.81. The van der Waals surface area contributed by atoms with Crippen molar-refractivity contribution >= 4 is 40.2 Å². The van der Waals surface area contributed by atoms with Gasteiger partial charge in [0.1, 0.15) is 6.04 Å². The number of ether oxygens (including phenoxy) is 1. The number of esters is 1. The summed E-state index contributed by atoms with van der Waals surface area (Å²) in [7, 11) is 1.24. The number of methoxy groups -OCH3 is 1. The highest BCUT2D eigenvalue weighted by molar-refractivity contribution is 14.1. The second-order valence-electron chi connectivity index (χ2n) is 4.64. The van der Waals surface area contributed by atoms with Gasteiger partial charge in [0.05, 0.1) is 17.6 Å². The molecule has 8 heteroatoms. The fourth-order valence-corrected chi connectivity index (χ4v) is 2.22. The van der Waals surface area contributed by atoms with Gasteiger partial charge in [-0.2, -0.15) is 0 Å². The standard InChI is InChI=1S/C13H15IN2O5/c1-7(2)11(13(18)21-3)15-12(17)9-6-8(16(19)20)4-5-10(9)14/h4-7,11H,1-3H3,(H,15,17). The van der Waals surface area contributed by atoms with Crippen LogP contribution in [-0.4, -0.2) is 30.0 Å². The third kappa shape index (κ3) is 4.38. The summed E-state index contributed by atoms with van der Waals surface area (Å²) >= 11 is 1.91. The molecule has 0 aliphatic heterocycles. The minimum atomic E-state index is -0.808. The van der Waals surface area contributed by atoms with Crippen LogP contribution < -0.4 is 5.32 Å². The van der Waals surface area contributed by atoms with Gasteiger partial charge in [0.25, 0.3) is 11.6 Å². The largest absolute Gasteiger partial charge is 0.467 e. The van der Waals surface area contributed by atoms with Crippen LogP contribution in [0.25, 0.3) is 0 Å². The van der Waals surface area contributed by atoms with Gasteiger partial charge in [-0.15, -0.1) is 0 Å². The Labute approximate surface area is 135 Å². The molecule has 1 unspecified atom stereocenters. The van der Waals surface area contributed by atoms with E-state index in [0.717, 1.165) is 0 Å². The zero-order valence-corrected chi connectivity index (χ0v) is 13.9. The first-order chi connectivity index (χ1) is 9.77. The van der Waals surface area contributed by atoms with E-state index >= 15 is 0 Å². The van der Waals surface area contributed by atoms with Crippen LogP contribution in [-0.2, 0) is 9.53 Å². The van der Waals surface area contributed by atoms with E-state index in [-0.39, 0.29) is 17.2 Å². The van der Waals surface area contributed by atoms with Gasteiger partial charge in [0.2, 0.25) is 0 Å². The van der Waals surface area contributed by atoms with Gasteiger partial charge < -0.3 is 10.1 Å². The maximum absolute atomic E-state index is 12.2. The summed E-state index contributed by atoms with van der Waals surface area (Å²) in [4.78, 5) is 34.1. The molecule has 0 spiro atoms. The number of carbonyl (C=O) groups excluding carboxylic acids is 2. The first-order valence-corrected chi connectivity index (χ1v) is 7.18. The lowest BCUT2D eigenvalue weighted by Crippen LogP contribution is -2.45. The van der Waals surface area contributed by atoms with Crippen molar-refractivity contribution in [2.75, 3.05) is 7.11 Å². The van der Waals surface area contributed by atoms with Gasteiger partial charge in [0, 0.05) is 15.7 Å². The van der Waals surface area contributed by atoms with Crippen LogP contribution in [0.15, 0.2) is 18.2 Å². The summed E-state index contributed by atoms with van der Waals surface area (Å²) in [5, 5.41) is 13.3. The Morgan fingerprint density at radius 3 is 2.48 bits per heavy atom. The van der Waals surface area contributed by atoms with Crippen LogP contribution in [0, 0.1) is 19.6 Å². The minimum Gasteiger partial charge on any atom is -0.467 e. The Morgan fingerprint density at radius 2 is 2.00 bits per heavy atom. The van der Waals surface area contributed by atoms with Gasteiger partial charge in [-0.1, -0.05) is 13.8 Å². The number of amides is 1. The number of nitro groups is 1. The fourth-order valence-electron chi connectivity index (χ4n) is 1.64. The smallest absolute Gasteiger partial charge is 0.328 e. The van der Waals surface area contributed by atoms with Gasteiger partial charge in [-0.05, 0) is 34.6 Å². The minimum absolute atomic E-state index is 0.152. The second kappa shape index (κ2) is 7.34. The second-order valence-corrected chi connectivity index (χ2v) is 5.80. The lowest BCUT2D eigenvalue weighted by Gasteiger charge is -2.20. The number of non-ortho nitro benzene ring substituents is 1. The van der Waals surface area contributed by atoms with Crippen molar-refractivity contribution in [3.63, 3.8) is 0 Å². The topological polar surface area (TPSA) is 98.5 Å². The van der Waals surface area contributed by atoms with Crippen molar-refractivity contribution in [1.29, 1.82) is 0 Å². The highest BCUT2D eigenvalue weighted by Crippen LogP contribution is 2.20. The van der Waals surface area contributed by atoms with Crippen LogP contribution in [0.5, 0.6) is 0 Å². The summed E-state index contributed by atoms with van der Waals surface area (Å²) in [6.07, 6.45) is 0. The first kappa shape index (κ1) is 17.3. The molecule has 0 saturated heterocycles. The molecule has 0 aromatic heterocycles. The SMILES string of the molecule is COC(=O)C(NC(=O)c1cc([N+](=O)[O-])ccc1I)C(C)C. The Balaban J connectivity index is 3.05. The van der Waals surface area contributed by atoms with Gasteiger partial charge in [0.15, 0.2) is 0 Å². The first-order valence-electron chi connectivity index (χ1n) is 6.10. The number of nitrogens with zero attached hydrogens (tertiary/aromatic N) is 1. The molecule has 1 rings (SSSR count). The molecular weight excluding hydrogens is 391 g/mol. The molecule has 0 radical (unpaired) electrons. The summed E-state index contributed by atoms with van der Waals surface area (Å²) in [5.74, 6) is -1.27. The van der Waals surface area contributed by atoms with E-state index in [1.54, 1.807) is 13.8 Å². The highest BCUT2D eigenvalue weighted by atomic mass is 127. The lowest BCUT2D eigenvalue weighted by atomic mass is 10.0. The zero-order valence-electron chi connectivity index (χ0n) is 11.8. The number of halogens is 1. The number of rotatable bonds is 5. The average molecular weight is 406 g/mol. The van der Waals surface area contributed by atoms with E-state index in [1.165, 1.54) is 25.3 Å². The van der Waals surface area contributed by atoms with E-state index in [0.29, 0.717) is 3.57 Å². The van der Waals surface area contributed by atoms with Crippen molar-refractivity contribution < 1.29 is 19.2 Å². The molecule has 0 bridgehead atoms. The number of carbonyl (C=O) groups is 2. The molecule has 1 aromatic rings. The van der Waals surface area contributed by atoms with Crippen LogP contribution in [0.2, 0.25) is 0 Å². The Kier molecular flexibility index (Phi) is 6.06. The van der Waals surface area contributed by atoms with Crippen molar-refractivity contribution in [3.8, 4) is 0 Å². The number of benzene rings is 1. The quantitative estimate of drug-likeness (QED) is 0.350. The van der Waals surface area contributed by atoms with E-state index < -0.39 is 22.8 Å². The van der Waals surface area contributed by atoms with Crippen LogP contribution in [0.4, 0.5) is 5.69 Å². The average Bonchev–Trinajstić information content (AvgIpc) is 2.43. The number of nitro benzene ring substituents is 1. The van der Waals surface area contributed by atoms with Crippen LogP contribution in [0.3, 0.4) is 0 Å². The van der Waals surface area contributed by atoms with Gasteiger partial charge >= 0.3 is 5.97 Å². The molecular formula is C13H15IN2O5. The normalized spacial score (nSPS) is 11.9. The predicted molar refractivity (Wildman–Crippen MR) is 83.9 cm³/mol. The summed E-state index contributed by atoms with van der Waals surface area (Å²) in [6, 6.07) is 3.18. The maximum Gasteiger partial charge on any atom is 0.328 e. The summed E-state index contributed by atoms with van der Waals surface area (Å²) < 4.78 is 5.20. The molecule has 1 atom stereocenters. The number of nitrogens with one attached hydrogen (secondary N) is 1. The van der Waals surface area contributed by atoms with Crippen molar-refractivity contribution in [1.82, 2.24) is 5.32 Å². The predicted octanol–water partition coefficient (Wildman–Crippen LogP) is 2.13. The fraction of sp³-hybridized carbons (Fsp3) is 0.385. The Bertz CT molecular complexity index is 574. The molecule has 0 aliphatic rings. The van der Waals surface area contributed by atoms with Crippen molar-refractivity contribution in [3.05, 3.63) is 37.4 Å². The van der Waals surface area contributed by atoms with E-state index in [9.17, 15) is 19.7 Å². The third-order valence-corrected chi connectivity index (χ3v) is 3.75. The zero-order chi connectivity index (χ0) is 16.2. The van der Waals surface area contributed by atoms with Crippen molar-refractivity contribution in [2.24, 2.45) is 5.92 Å². The summed E-state index contributed by atoms with van der Waals surface area (Å²) in [6.45, 7) is 3.53. The van der Waals surface area contributed by atoms with E-state index in [1.807, 2.05) is 22.6 Å². The molecule has 0 heterocycles. The maximum atomic E-state index is 12.2. The molecule has 7 nitrogen and oxygen atoms in total. The molecule has 21 heavy (non-hydrogen) atoms. The molecule has 0 aliphatic carbocycles. The van der Waals surface area contributed by atoms with Crippen molar-refractivity contribution in [2.45, 2.75) is 19.9 Å². The molecule has 1 aromatic carbocycles. The lowest BCUT2D eigenvalue weighted by molar-refractivity contribution is -0.384. The molecule has 114 valence electrons. The number of hydrogen-bond donors (Lipinski definition) is 1. The van der Waals surface area contributed by atoms with E-state index in [2.05, 4.69) is 10.1 Å². The van der Waals surface area contributed by atoms with Crippen LogP contribution >= 0.6 is 22.6 Å². The molecule has 1 amide bonds. The molecule has 0 saturated carbocycles. The molecule has 0 fully saturated rings. The molecule has 1 N–H and O–H groups in total. The monoisotopic (exact) mass is 406 g/mol. The van der Waals surface area contributed by atoms with Gasteiger partial charge in [-0.3, -0.25) is 14.9 Å². The van der Waals surface area contributed by atoms with Crippen LogP contribution in [0.1, 0.15) is 24.2 Å². The Hall–Kier alpha value is -1.71.